The van der Waals surface area contributed by atoms with Crippen molar-refractivity contribution in [2.24, 2.45) is 5.92 Å². The Morgan fingerprint density at radius 3 is 2.62 bits per heavy atom. The number of esters is 1. The van der Waals surface area contributed by atoms with Crippen LogP contribution in [-0.4, -0.2) is 22.1 Å². The van der Waals surface area contributed by atoms with E-state index in [2.05, 4.69) is 34.8 Å². The fourth-order valence-corrected chi connectivity index (χ4v) is 3.30. The average molecular weight is 393 g/mol. The summed E-state index contributed by atoms with van der Waals surface area (Å²) in [7, 11) is 0. The third-order valence-electron chi connectivity index (χ3n) is 3.73. The zero-order valence-corrected chi connectivity index (χ0v) is 15.8. The molecule has 2 heterocycles. The Bertz CT molecular complexity index is 799. The van der Waals surface area contributed by atoms with E-state index in [1.807, 2.05) is 23.6 Å². The summed E-state index contributed by atoms with van der Waals surface area (Å²) in [5, 5.41) is 0. The van der Waals surface area contributed by atoms with Gasteiger partial charge in [0, 0.05) is 29.7 Å². The van der Waals surface area contributed by atoms with Gasteiger partial charge in [0.05, 0.1) is 12.6 Å². The largest absolute Gasteiger partial charge is 0.462 e. The standard InChI is InChI=1S/C18H21BrN2O3/c1-5-24-18(23)14-10-21(9-8-15(14)22)16(11(2)3)13-7-6-12(4)20-17(13)19/h6-11,16H,5H2,1-4H3/t16-/m1/s1. The zero-order chi connectivity index (χ0) is 17.9. The predicted octanol–water partition coefficient (Wildman–Crippen LogP) is 3.74. The van der Waals surface area contributed by atoms with Gasteiger partial charge in [-0.3, -0.25) is 4.79 Å². The number of nitrogens with zero attached hydrogens (tertiary/aromatic N) is 2. The van der Waals surface area contributed by atoms with Crippen molar-refractivity contribution in [3.63, 3.8) is 0 Å². The molecule has 0 unspecified atom stereocenters. The summed E-state index contributed by atoms with van der Waals surface area (Å²) in [4.78, 5) is 28.5. The second kappa shape index (κ2) is 7.75. The van der Waals surface area contributed by atoms with Crippen LogP contribution in [0.4, 0.5) is 0 Å². The minimum atomic E-state index is -0.597. The van der Waals surface area contributed by atoms with Gasteiger partial charge in [-0.2, -0.15) is 0 Å². The lowest BCUT2D eigenvalue weighted by Crippen LogP contribution is -2.23. The molecule has 1 atom stereocenters. The molecule has 0 spiro atoms. The van der Waals surface area contributed by atoms with E-state index in [0.29, 0.717) is 0 Å². The molecule has 0 bridgehead atoms. The van der Waals surface area contributed by atoms with Crippen LogP contribution in [0.3, 0.4) is 0 Å². The molecule has 0 N–H and O–H groups in total. The number of rotatable bonds is 5. The van der Waals surface area contributed by atoms with E-state index in [9.17, 15) is 9.59 Å². The van der Waals surface area contributed by atoms with Crippen LogP contribution in [0.25, 0.3) is 0 Å². The van der Waals surface area contributed by atoms with Crippen molar-refractivity contribution >= 4 is 21.9 Å². The van der Waals surface area contributed by atoms with Gasteiger partial charge in [0.1, 0.15) is 10.2 Å². The summed E-state index contributed by atoms with van der Waals surface area (Å²) >= 11 is 3.52. The minimum Gasteiger partial charge on any atom is -0.462 e. The highest BCUT2D eigenvalue weighted by atomic mass is 79.9. The first-order valence-corrected chi connectivity index (χ1v) is 8.66. The number of aromatic nitrogens is 2. The molecule has 0 saturated carbocycles. The van der Waals surface area contributed by atoms with Crippen molar-refractivity contribution < 1.29 is 9.53 Å². The molecule has 0 saturated heterocycles. The molecular formula is C18H21BrN2O3. The van der Waals surface area contributed by atoms with Crippen LogP contribution in [0.5, 0.6) is 0 Å². The Balaban J connectivity index is 2.55. The number of hydrogen-bond acceptors (Lipinski definition) is 4. The fraction of sp³-hybridized carbons (Fsp3) is 0.389. The van der Waals surface area contributed by atoms with E-state index in [-0.39, 0.29) is 29.6 Å². The van der Waals surface area contributed by atoms with E-state index in [1.165, 1.54) is 6.07 Å². The predicted molar refractivity (Wildman–Crippen MR) is 96.3 cm³/mol. The number of hydrogen-bond donors (Lipinski definition) is 0. The Kier molecular flexibility index (Phi) is 5.94. The maximum Gasteiger partial charge on any atom is 0.343 e. The Labute approximate surface area is 149 Å². The molecule has 128 valence electrons. The van der Waals surface area contributed by atoms with Crippen LogP contribution in [0, 0.1) is 12.8 Å². The lowest BCUT2D eigenvalue weighted by atomic mass is 9.96. The lowest BCUT2D eigenvalue weighted by molar-refractivity contribution is 0.0523. The number of carbonyl (C=O) groups excluding carboxylic acids is 1. The zero-order valence-electron chi connectivity index (χ0n) is 14.2. The number of ether oxygens (including phenoxy) is 1. The summed E-state index contributed by atoms with van der Waals surface area (Å²) in [5.74, 6) is -0.371. The highest BCUT2D eigenvalue weighted by molar-refractivity contribution is 9.10. The van der Waals surface area contributed by atoms with Gasteiger partial charge in [-0.05, 0) is 41.8 Å². The van der Waals surface area contributed by atoms with Crippen LogP contribution in [0.15, 0.2) is 40.0 Å². The summed E-state index contributed by atoms with van der Waals surface area (Å²) in [6.07, 6.45) is 3.26. The summed E-state index contributed by atoms with van der Waals surface area (Å²) in [6, 6.07) is 5.29. The smallest absolute Gasteiger partial charge is 0.343 e. The van der Waals surface area contributed by atoms with Crippen molar-refractivity contribution in [2.75, 3.05) is 6.61 Å². The maximum atomic E-state index is 12.0. The highest BCUT2D eigenvalue weighted by Crippen LogP contribution is 2.31. The van der Waals surface area contributed by atoms with Gasteiger partial charge in [-0.15, -0.1) is 0 Å². The number of aryl methyl sites for hydroxylation is 1. The minimum absolute atomic E-state index is 0.0428. The van der Waals surface area contributed by atoms with Gasteiger partial charge in [0.25, 0.3) is 0 Å². The molecule has 2 aromatic rings. The SMILES string of the molecule is CCOC(=O)c1cn([C@@H](c2ccc(C)nc2Br)C(C)C)ccc1=O. The normalized spacial score (nSPS) is 12.2. The quantitative estimate of drug-likeness (QED) is 0.574. The monoisotopic (exact) mass is 392 g/mol. The van der Waals surface area contributed by atoms with Crippen molar-refractivity contribution in [3.8, 4) is 0 Å². The van der Waals surface area contributed by atoms with Gasteiger partial charge in [0.2, 0.25) is 0 Å². The van der Waals surface area contributed by atoms with E-state index in [4.69, 9.17) is 4.74 Å². The molecule has 0 amide bonds. The van der Waals surface area contributed by atoms with Gasteiger partial charge in [-0.25, -0.2) is 9.78 Å². The molecule has 2 aromatic heterocycles. The first-order valence-electron chi connectivity index (χ1n) is 7.87. The Morgan fingerprint density at radius 2 is 2.04 bits per heavy atom. The van der Waals surface area contributed by atoms with Crippen molar-refractivity contribution in [1.29, 1.82) is 0 Å². The Morgan fingerprint density at radius 1 is 1.33 bits per heavy atom. The highest BCUT2D eigenvalue weighted by Gasteiger charge is 2.22. The first-order chi connectivity index (χ1) is 11.3. The number of pyridine rings is 2. The molecule has 0 aliphatic carbocycles. The van der Waals surface area contributed by atoms with Gasteiger partial charge in [-0.1, -0.05) is 19.9 Å². The molecule has 24 heavy (non-hydrogen) atoms. The van der Waals surface area contributed by atoms with Crippen LogP contribution >= 0.6 is 15.9 Å². The third kappa shape index (κ3) is 3.93. The maximum absolute atomic E-state index is 12.0. The summed E-state index contributed by atoms with van der Waals surface area (Å²) in [6.45, 7) is 8.04. The summed E-state index contributed by atoms with van der Waals surface area (Å²) < 4.78 is 7.61. The van der Waals surface area contributed by atoms with Crippen LogP contribution < -0.4 is 5.43 Å². The molecule has 5 nitrogen and oxygen atoms in total. The van der Waals surface area contributed by atoms with E-state index in [0.717, 1.165) is 15.9 Å². The van der Waals surface area contributed by atoms with Crippen LogP contribution in [0.2, 0.25) is 0 Å². The summed E-state index contributed by atoms with van der Waals surface area (Å²) in [5.41, 5.74) is 1.61. The van der Waals surface area contributed by atoms with Crippen molar-refractivity contribution in [2.45, 2.75) is 33.7 Å². The number of halogens is 1. The third-order valence-corrected chi connectivity index (χ3v) is 4.36. The average Bonchev–Trinajstić information content (AvgIpc) is 2.51. The van der Waals surface area contributed by atoms with Gasteiger partial charge >= 0.3 is 5.97 Å². The topological polar surface area (TPSA) is 61.2 Å². The van der Waals surface area contributed by atoms with Crippen molar-refractivity contribution in [1.82, 2.24) is 9.55 Å². The van der Waals surface area contributed by atoms with E-state index in [1.54, 1.807) is 19.3 Å². The first kappa shape index (κ1) is 18.4. The second-order valence-corrected chi connectivity index (χ2v) is 6.66. The molecule has 0 radical (unpaired) electrons. The number of carbonyl (C=O) groups is 1. The fourth-order valence-electron chi connectivity index (χ4n) is 2.65. The second-order valence-electron chi connectivity index (χ2n) is 5.91. The van der Waals surface area contributed by atoms with Crippen molar-refractivity contribution in [3.05, 3.63) is 62.2 Å². The Hall–Kier alpha value is -1.95. The lowest BCUT2D eigenvalue weighted by Gasteiger charge is -2.26. The molecule has 0 aliphatic rings. The molecular weight excluding hydrogens is 372 g/mol. The molecule has 2 rings (SSSR count). The molecule has 0 aliphatic heterocycles. The van der Waals surface area contributed by atoms with E-state index < -0.39 is 5.97 Å². The van der Waals surface area contributed by atoms with Crippen LogP contribution in [0.1, 0.15) is 48.4 Å². The molecule has 0 aromatic carbocycles. The van der Waals surface area contributed by atoms with E-state index >= 15 is 0 Å². The molecule has 6 heteroatoms. The van der Waals surface area contributed by atoms with Gasteiger partial charge < -0.3 is 9.30 Å². The van der Waals surface area contributed by atoms with Crippen LogP contribution in [-0.2, 0) is 4.74 Å². The molecule has 0 fully saturated rings. The van der Waals surface area contributed by atoms with Gasteiger partial charge in [0.15, 0.2) is 5.43 Å².